The van der Waals surface area contributed by atoms with Gasteiger partial charge in [0.15, 0.2) is 0 Å². The number of imidazole rings is 1. The molecule has 2 unspecified atom stereocenters. The highest BCUT2D eigenvalue weighted by Gasteiger charge is 2.25. The lowest BCUT2D eigenvalue weighted by Gasteiger charge is -2.15. The third-order valence-electron chi connectivity index (χ3n) is 4.04. The number of hydrogen-bond donors (Lipinski definition) is 1. The Labute approximate surface area is 121 Å². The third-order valence-corrected chi connectivity index (χ3v) is 4.04. The highest BCUT2D eigenvalue weighted by Crippen LogP contribution is 2.28. The van der Waals surface area contributed by atoms with Crippen LogP contribution in [0.1, 0.15) is 42.0 Å². The van der Waals surface area contributed by atoms with Crippen molar-refractivity contribution in [2.45, 2.75) is 32.1 Å². The molecule has 1 aliphatic rings. The Bertz CT molecular complexity index is 681. The Morgan fingerprint density at radius 1 is 1.43 bits per heavy atom. The zero-order valence-electron chi connectivity index (χ0n) is 11.7. The first-order valence-corrected chi connectivity index (χ1v) is 7.06. The summed E-state index contributed by atoms with van der Waals surface area (Å²) in [5.74, 6) is -1.20. The molecule has 1 aliphatic carbocycles. The summed E-state index contributed by atoms with van der Waals surface area (Å²) in [6.07, 6.45) is 3.46. The molecule has 5 heteroatoms. The van der Waals surface area contributed by atoms with Crippen LogP contribution in [-0.2, 0) is 17.6 Å². The first-order chi connectivity index (χ1) is 10.1. The van der Waals surface area contributed by atoms with Crippen LogP contribution in [0.25, 0.3) is 0 Å². The number of carbonyl (C=O) groups is 1. The van der Waals surface area contributed by atoms with Gasteiger partial charge in [-0.2, -0.15) is 0 Å². The minimum absolute atomic E-state index is 0.144. The third kappa shape index (κ3) is 2.60. The molecule has 0 radical (unpaired) electrons. The second-order valence-electron chi connectivity index (χ2n) is 5.67. The van der Waals surface area contributed by atoms with E-state index in [1.165, 1.54) is 6.07 Å². The maximum Gasteiger partial charge on any atom is 0.135 e. The van der Waals surface area contributed by atoms with E-state index < -0.39 is 17.6 Å². The molecule has 0 bridgehead atoms. The Hall–Kier alpha value is -2.04. The number of nitrogens with zero attached hydrogens (tertiary/aromatic N) is 1. The lowest BCUT2D eigenvalue weighted by atomic mass is 9.92. The van der Waals surface area contributed by atoms with Gasteiger partial charge in [0.1, 0.15) is 29.7 Å². The first kappa shape index (κ1) is 13.9. The summed E-state index contributed by atoms with van der Waals surface area (Å²) in [5.41, 5.74) is 2.13. The molecule has 3 nitrogen and oxygen atoms in total. The van der Waals surface area contributed by atoms with Crippen LogP contribution < -0.4 is 0 Å². The molecule has 2 atom stereocenters. The highest BCUT2D eigenvalue weighted by atomic mass is 19.1. The Morgan fingerprint density at radius 2 is 2.24 bits per heavy atom. The number of H-pyrrole nitrogens is 1. The summed E-state index contributed by atoms with van der Waals surface area (Å²) >= 11 is 0. The topological polar surface area (TPSA) is 45.8 Å². The smallest absolute Gasteiger partial charge is 0.135 e. The molecule has 0 aliphatic heterocycles. The normalized spacial score (nSPS) is 19.1. The number of aldehydes is 1. The van der Waals surface area contributed by atoms with E-state index in [9.17, 15) is 13.6 Å². The average Bonchev–Trinajstić information content (AvgIpc) is 2.84. The monoisotopic (exact) mass is 290 g/mol. The van der Waals surface area contributed by atoms with Gasteiger partial charge in [-0.1, -0.05) is 13.0 Å². The quantitative estimate of drug-likeness (QED) is 0.883. The molecule has 1 aromatic heterocycles. The highest BCUT2D eigenvalue weighted by molar-refractivity contribution is 5.66. The minimum Gasteiger partial charge on any atom is -0.345 e. The van der Waals surface area contributed by atoms with Crippen LogP contribution in [0.15, 0.2) is 18.2 Å². The lowest BCUT2D eigenvalue weighted by Crippen LogP contribution is -2.10. The zero-order chi connectivity index (χ0) is 15.0. The average molecular weight is 290 g/mol. The molecule has 1 heterocycles. The molecule has 0 saturated carbocycles. The van der Waals surface area contributed by atoms with Crippen LogP contribution in [0.4, 0.5) is 8.78 Å². The summed E-state index contributed by atoms with van der Waals surface area (Å²) in [4.78, 5) is 19.0. The van der Waals surface area contributed by atoms with Crippen molar-refractivity contribution in [2.24, 2.45) is 5.92 Å². The molecule has 0 fully saturated rings. The van der Waals surface area contributed by atoms with Gasteiger partial charge in [-0.15, -0.1) is 0 Å². The molecule has 0 saturated heterocycles. The number of benzene rings is 1. The van der Waals surface area contributed by atoms with Crippen LogP contribution in [0.2, 0.25) is 0 Å². The SMILES string of the molecule is CC1CCc2nc(C(C=O)c3ccc(F)cc3F)[nH]c2C1. The van der Waals surface area contributed by atoms with Crippen molar-refractivity contribution < 1.29 is 13.6 Å². The molecule has 0 amide bonds. The molecule has 3 rings (SSSR count). The van der Waals surface area contributed by atoms with Gasteiger partial charge in [-0.05, 0) is 31.2 Å². The van der Waals surface area contributed by atoms with E-state index in [1.54, 1.807) is 0 Å². The van der Waals surface area contributed by atoms with Gasteiger partial charge >= 0.3 is 0 Å². The van der Waals surface area contributed by atoms with Crippen molar-refractivity contribution in [1.82, 2.24) is 9.97 Å². The second-order valence-corrected chi connectivity index (χ2v) is 5.67. The van der Waals surface area contributed by atoms with Crippen LogP contribution in [0, 0.1) is 17.6 Å². The van der Waals surface area contributed by atoms with Gasteiger partial charge in [0.25, 0.3) is 0 Å². The number of halogens is 2. The van der Waals surface area contributed by atoms with Crippen molar-refractivity contribution >= 4 is 6.29 Å². The standard InChI is InChI=1S/C16H16F2N2O/c1-9-2-5-14-15(6-9)20-16(19-14)12(8-21)11-4-3-10(17)7-13(11)18/h3-4,7-9,12H,2,5-6H2,1H3,(H,19,20). The van der Waals surface area contributed by atoms with E-state index in [4.69, 9.17) is 0 Å². The number of aromatic amines is 1. The van der Waals surface area contributed by atoms with Crippen molar-refractivity contribution in [3.63, 3.8) is 0 Å². The fourth-order valence-electron chi connectivity index (χ4n) is 2.86. The van der Waals surface area contributed by atoms with Crippen LogP contribution >= 0.6 is 0 Å². The van der Waals surface area contributed by atoms with E-state index in [-0.39, 0.29) is 5.56 Å². The Balaban J connectivity index is 1.99. The lowest BCUT2D eigenvalue weighted by molar-refractivity contribution is -0.108. The maximum atomic E-state index is 13.9. The van der Waals surface area contributed by atoms with Crippen molar-refractivity contribution in [2.75, 3.05) is 0 Å². The summed E-state index contributed by atoms with van der Waals surface area (Å²) in [7, 11) is 0. The van der Waals surface area contributed by atoms with Crippen LogP contribution in [0.3, 0.4) is 0 Å². The van der Waals surface area contributed by atoms with Gasteiger partial charge in [0.05, 0.1) is 5.69 Å². The van der Waals surface area contributed by atoms with E-state index >= 15 is 0 Å². The molecule has 2 aromatic rings. The number of rotatable bonds is 3. The molecule has 0 spiro atoms. The van der Waals surface area contributed by atoms with Crippen LogP contribution in [-0.4, -0.2) is 16.3 Å². The van der Waals surface area contributed by atoms with Gasteiger partial charge in [-0.3, -0.25) is 0 Å². The van der Waals surface area contributed by atoms with E-state index in [1.807, 2.05) is 0 Å². The number of carbonyl (C=O) groups excluding carboxylic acids is 1. The van der Waals surface area contributed by atoms with E-state index in [0.717, 1.165) is 42.8 Å². The number of nitrogens with one attached hydrogen (secondary N) is 1. The minimum atomic E-state index is -0.827. The molecule has 1 aromatic carbocycles. The number of aromatic nitrogens is 2. The fraction of sp³-hybridized carbons (Fsp3) is 0.375. The molecule has 21 heavy (non-hydrogen) atoms. The van der Waals surface area contributed by atoms with Gasteiger partial charge in [-0.25, -0.2) is 13.8 Å². The van der Waals surface area contributed by atoms with Crippen molar-refractivity contribution in [3.05, 3.63) is 52.6 Å². The number of fused-ring (bicyclic) bond motifs is 1. The van der Waals surface area contributed by atoms with E-state index in [0.29, 0.717) is 18.0 Å². The van der Waals surface area contributed by atoms with Gasteiger partial charge in [0, 0.05) is 17.3 Å². The van der Waals surface area contributed by atoms with E-state index in [2.05, 4.69) is 16.9 Å². The fourth-order valence-corrected chi connectivity index (χ4v) is 2.86. The first-order valence-electron chi connectivity index (χ1n) is 7.06. The summed E-state index contributed by atoms with van der Waals surface area (Å²) < 4.78 is 26.9. The Morgan fingerprint density at radius 3 is 2.95 bits per heavy atom. The van der Waals surface area contributed by atoms with Gasteiger partial charge in [0.2, 0.25) is 0 Å². The number of aryl methyl sites for hydroxylation is 1. The summed E-state index contributed by atoms with van der Waals surface area (Å²) in [6, 6.07) is 3.24. The zero-order valence-corrected chi connectivity index (χ0v) is 11.7. The molecule has 110 valence electrons. The number of hydrogen-bond acceptors (Lipinski definition) is 2. The predicted octanol–water partition coefficient (Wildman–Crippen LogP) is 3.14. The Kier molecular flexibility index (Phi) is 3.57. The van der Waals surface area contributed by atoms with Gasteiger partial charge < -0.3 is 9.78 Å². The van der Waals surface area contributed by atoms with Crippen molar-refractivity contribution in [3.8, 4) is 0 Å². The van der Waals surface area contributed by atoms with Crippen molar-refractivity contribution in [1.29, 1.82) is 0 Å². The van der Waals surface area contributed by atoms with Crippen LogP contribution in [0.5, 0.6) is 0 Å². The summed E-state index contributed by atoms with van der Waals surface area (Å²) in [5, 5.41) is 0. The molecule has 1 N–H and O–H groups in total. The predicted molar refractivity (Wildman–Crippen MR) is 74.0 cm³/mol. The maximum absolute atomic E-state index is 13.9. The molecular weight excluding hydrogens is 274 g/mol. The largest absolute Gasteiger partial charge is 0.345 e. The molecular formula is C16H16F2N2O. The summed E-state index contributed by atoms with van der Waals surface area (Å²) in [6.45, 7) is 2.17. The second kappa shape index (κ2) is 5.39.